The predicted molar refractivity (Wildman–Crippen MR) is 70.7 cm³/mol. The lowest BCUT2D eigenvalue weighted by Gasteiger charge is -2.22. The molecule has 94 valence electrons. The van der Waals surface area contributed by atoms with Crippen LogP contribution in [0.25, 0.3) is 5.69 Å². The highest BCUT2D eigenvalue weighted by Gasteiger charge is 2.29. The zero-order valence-corrected chi connectivity index (χ0v) is 10.6. The monoisotopic (exact) mass is 242 g/mol. The van der Waals surface area contributed by atoms with Crippen molar-refractivity contribution in [2.24, 2.45) is 0 Å². The highest BCUT2D eigenvalue weighted by Crippen LogP contribution is 2.22. The number of para-hydroxylation sites is 1. The number of nitrogens with zero attached hydrogens (tertiary/aromatic N) is 3. The molecule has 1 aliphatic heterocycles. The van der Waals surface area contributed by atoms with Gasteiger partial charge in [0.2, 0.25) is 0 Å². The van der Waals surface area contributed by atoms with Gasteiger partial charge in [-0.05, 0) is 38.4 Å². The summed E-state index contributed by atoms with van der Waals surface area (Å²) in [5, 5.41) is 12.4. The lowest BCUT2D eigenvalue weighted by molar-refractivity contribution is 0.407. The molecule has 1 unspecified atom stereocenters. The van der Waals surface area contributed by atoms with Gasteiger partial charge in [-0.25, -0.2) is 0 Å². The van der Waals surface area contributed by atoms with Crippen molar-refractivity contribution in [1.82, 2.24) is 20.3 Å². The second-order valence-electron chi connectivity index (χ2n) is 5.23. The number of nitrogens with one attached hydrogen (secondary N) is 1. The summed E-state index contributed by atoms with van der Waals surface area (Å²) in [5.74, 6) is 0. The van der Waals surface area contributed by atoms with Crippen molar-refractivity contribution in [2.45, 2.75) is 31.7 Å². The van der Waals surface area contributed by atoms with Gasteiger partial charge in [0.05, 0.1) is 17.6 Å². The fourth-order valence-electron chi connectivity index (χ4n) is 2.57. The highest BCUT2D eigenvalue weighted by atomic mass is 15.5. The van der Waals surface area contributed by atoms with Gasteiger partial charge < -0.3 is 5.32 Å². The van der Waals surface area contributed by atoms with Gasteiger partial charge in [0.15, 0.2) is 0 Å². The molecule has 2 heterocycles. The molecule has 0 radical (unpaired) electrons. The first-order chi connectivity index (χ1) is 8.75. The fourth-order valence-corrected chi connectivity index (χ4v) is 2.57. The fraction of sp³-hybridized carbons (Fsp3) is 0.429. The molecule has 0 saturated carbocycles. The Bertz CT molecular complexity index is 512. The van der Waals surface area contributed by atoms with Gasteiger partial charge in [0.1, 0.15) is 0 Å². The number of aromatic nitrogens is 3. The van der Waals surface area contributed by atoms with E-state index in [-0.39, 0.29) is 5.54 Å². The molecule has 0 bridgehead atoms. The van der Waals surface area contributed by atoms with Gasteiger partial charge in [-0.2, -0.15) is 15.0 Å². The average molecular weight is 242 g/mol. The Hall–Kier alpha value is -1.68. The zero-order chi connectivity index (χ0) is 12.4. The SMILES string of the molecule is CC1(Cc2cnn(-c3ccccc3)n2)CCCN1. The Balaban J connectivity index is 1.78. The Morgan fingerprint density at radius 2 is 2.17 bits per heavy atom. The van der Waals surface area contributed by atoms with E-state index >= 15 is 0 Å². The first-order valence-electron chi connectivity index (χ1n) is 6.47. The summed E-state index contributed by atoms with van der Waals surface area (Å²) in [7, 11) is 0. The summed E-state index contributed by atoms with van der Waals surface area (Å²) in [4.78, 5) is 1.70. The molecule has 18 heavy (non-hydrogen) atoms. The maximum absolute atomic E-state index is 4.55. The standard InChI is InChI=1S/C14H18N4/c1-14(8-5-9-15-14)10-12-11-16-18(17-12)13-6-3-2-4-7-13/h2-4,6-7,11,15H,5,8-10H2,1H3. The van der Waals surface area contributed by atoms with Crippen molar-refractivity contribution in [3.8, 4) is 5.69 Å². The van der Waals surface area contributed by atoms with E-state index in [4.69, 9.17) is 0 Å². The van der Waals surface area contributed by atoms with Gasteiger partial charge >= 0.3 is 0 Å². The molecule has 1 atom stereocenters. The molecule has 1 fully saturated rings. The molecule has 2 aromatic rings. The van der Waals surface area contributed by atoms with E-state index in [1.807, 2.05) is 36.5 Å². The Labute approximate surface area is 107 Å². The smallest absolute Gasteiger partial charge is 0.0856 e. The largest absolute Gasteiger partial charge is 0.311 e. The quantitative estimate of drug-likeness (QED) is 0.894. The van der Waals surface area contributed by atoms with Crippen molar-refractivity contribution in [3.63, 3.8) is 0 Å². The van der Waals surface area contributed by atoms with Crippen LogP contribution in [0, 0.1) is 0 Å². The first kappa shape index (κ1) is 11.4. The maximum atomic E-state index is 4.55. The molecule has 1 N–H and O–H groups in total. The van der Waals surface area contributed by atoms with Crippen LogP contribution in [0.1, 0.15) is 25.5 Å². The van der Waals surface area contributed by atoms with Crippen molar-refractivity contribution >= 4 is 0 Å². The third-order valence-electron chi connectivity index (χ3n) is 3.55. The minimum Gasteiger partial charge on any atom is -0.311 e. The van der Waals surface area contributed by atoms with E-state index in [9.17, 15) is 0 Å². The summed E-state index contributed by atoms with van der Waals surface area (Å²) in [6, 6.07) is 10.0. The molecule has 0 aliphatic carbocycles. The van der Waals surface area contributed by atoms with Crippen LogP contribution in [0.15, 0.2) is 36.5 Å². The minimum atomic E-state index is 0.192. The van der Waals surface area contributed by atoms with Gasteiger partial charge in [0.25, 0.3) is 0 Å². The highest BCUT2D eigenvalue weighted by molar-refractivity contribution is 5.28. The summed E-state index contributed by atoms with van der Waals surface area (Å²) in [6.45, 7) is 3.38. The lowest BCUT2D eigenvalue weighted by atomic mass is 9.94. The molecule has 1 aromatic heterocycles. The number of hydrogen-bond donors (Lipinski definition) is 1. The van der Waals surface area contributed by atoms with Gasteiger partial charge in [-0.15, -0.1) is 0 Å². The normalized spacial score (nSPS) is 23.4. The van der Waals surface area contributed by atoms with Gasteiger partial charge in [-0.1, -0.05) is 18.2 Å². The second-order valence-corrected chi connectivity index (χ2v) is 5.23. The Morgan fingerprint density at radius 1 is 1.33 bits per heavy atom. The number of hydrogen-bond acceptors (Lipinski definition) is 3. The molecule has 0 spiro atoms. The van der Waals surface area contributed by atoms with E-state index < -0.39 is 0 Å². The van der Waals surface area contributed by atoms with Gasteiger partial charge in [0, 0.05) is 12.0 Å². The van der Waals surface area contributed by atoms with E-state index in [1.165, 1.54) is 12.8 Å². The molecule has 1 saturated heterocycles. The molecule has 4 heteroatoms. The van der Waals surface area contributed by atoms with Gasteiger partial charge in [-0.3, -0.25) is 0 Å². The Morgan fingerprint density at radius 3 is 2.89 bits per heavy atom. The maximum Gasteiger partial charge on any atom is 0.0856 e. The second kappa shape index (κ2) is 4.53. The van der Waals surface area contributed by atoms with E-state index in [0.29, 0.717) is 0 Å². The third-order valence-corrected chi connectivity index (χ3v) is 3.55. The summed E-state index contributed by atoms with van der Waals surface area (Å²) in [6.07, 6.45) is 5.28. The van der Waals surface area contributed by atoms with E-state index in [2.05, 4.69) is 22.4 Å². The van der Waals surface area contributed by atoms with Crippen LogP contribution < -0.4 is 5.32 Å². The molecule has 1 aliphatic rings. The molecule has 1 aromatic carbocycles. The number of benzene rings is 1. The zero-order valence-electron chi connectivity index (χ0n) is 10.6. The van der Waals surface area contributed by atoms with Crippen LogP contribution in [0.2, 0.25) is 0 Å². The third kappa shape index (κ3) is 2.29. The van der Waals surface area contributed by atoms with Crippen LogP contribution in [-0.4, -0.2) is 27.1 Å². The van der Waals surface area contributed by atoms with Crippen LogP contribution in [0.5, 0.6) is 0 Å². The van der Waals surface area contributed by atoms with E-state index in [0.717, 1.165) is 24.3 Å². The lowest BCUT2D eigenvalue weighted by Crippen LogP contribution is -2.38. The van der Waals surface area contributed by atoms with Crippen LogP contribution in [0.4, 0.5) is 0 Å². The van der Waals surface area contributed by atoms with Crippen LogP contribution >= 0.6 is 0 Å². The van der Waals surface area contributed by atoms with Crippen LogP contribution in [-0.2, 0) is 6.42 Å². The average Bonchev–Trinajstić information content (AvgIpc) is 3.00. The first-order valence-corrected chi connectivity index (χ1v) is 6.47. The summed E-state index contributed by atoms with van der Waals surface area (Å²) >= 11 is 0. The predicted octanol–water partition coefficient (Wildman–Crippen LogP) is 1.95. The molecular formula is C14H18N4. The molecule has 0 amide bonds. The Kier molecular flexibility index (Phi) is 2.88. The van der Waals surface area contributed by atoms with Crippen molar-refractivity contribution < 1.29 is 0 Å². The van der Waals surface area contributed by atoms with Crippen molar-refractivity contribution in [1.29, 1.82) is 0 Å². The van der Waals surface area contributed by atoms with Crippen molar-refractivity contribution in [2.75, 3.05) is 6.54 Å². The topological polar surface area (TPSA) is 42.7 Å². The summed E-state index contributed by atoms with van der Waals surface area (Å²) in [5.41, 5.74) is 2.25. The molecule has 4 nitrogen and oxygen atoms in total. The summed E-state index contributed by atoms with van der Waals surface area (Å²) < 4.78 is 0. The van der Waals surface area contributed by atoms with Crippen LogP contribution in [0.3, 0.4) is 0 Å². The number of rotatable bonds is 3. The molecular weight excluding hydrogens is 224 g/mol. The molecule has 3 rings (SSSR count). The van der Waals surface area contributed by atoms with Crippen molar-refractivity contribution in [3.05, 3.63) is 42.2 Å². The minimum absolute atomic E-state index is 0.192. The van der Waals surface area contributed by atoms with E-state index in [1.54, 1.807) is 4.80 Å².